The number of piperazine rings is 1. The third-order valence-electron chi connectivity index (χ3n) is 6.16. The van der Waals surface area contributed by atoms with E-state index in [-0.39, 0.29) is 18.3 Å². The maximum absolute atomic E-state index is 13.5. The van der Waals surface area contributed by atoms with Crippen molar-refractivity contribution in [2.45, 2.75) is 63.8 Å². The summed E-state index contributed by atoms with van der Waals surface area (Å²) in [5.41, 5.74) is 0.730. The third-order valence-corrected chi connectivity index (χ3v) is 6.16. The number of alkyl halides is 3. The van der Waals surface area contributed by atoms with Gasteiger partial charge in [0, 0.05) is 31.7 Å². The predicted octanol–water partition coefficient (Wildman–Crippen LogP) is 4.25. The molecule has 2 fully saturated rings. The summed E-state index contributed by atoms with van der Waals surface area (Å²) in [4.78, 5) is 1.59. The Morgan fingerprint density at radius 1 is 1.18 bits per heavy atom. The van der Waals surface area contributed by atoms with E-state index in [4.69, 9.17) is 4.74 Å². The summed E-state index contributed by atoms with van der Waals surface area (Å²) in [5, 5.41) is 12.9. The lowest BCUT2D eigenvalue weighted by molar-refractivity contribution is -0.187. The van der Waals surface area contributed by atoms with Gasteiger partial charge in [0.05, 0.1) is 6.10 Å². The lowest BCUT2D eigenvalue weighted by Crippen LogP contribution is -2.53. The quantitative estimate of drug-likeness (QED) is 0.749. The molecule has 1 aromatic carbocycles. The molecular weight excluding hydrogens is 369 g/mol. The summed E-state index contributed by atoms with van der Waals surface area (Å²) < 4.78 is 46.6. The Bertz CT molecular complexity index is 625. The van der Waals surface area contributed by atoms with Crippen molar-refractivity contribution in [3.8, 4) is 11.5 Å². The molecule has 28 heavy (non-hydrogen) atoms. The van der Waals surface area contributed by atoms with E-state index in [1.807, 2.05) is 13.0 Å². The summed E-state index contributed by atoms with van der Waals surface area (Å²) in [6, 6.07) is 3.92. The number of ether oxygens (including phenoxy) is 1. The van der Waals surface area contributed by atoms with Crippen LogP contribution >= 0.6 is 0 Å². The van der Waals surface area contributed by atoms with Crippen molar-refractivity contribution in [2.24, 2.45) is 5.92 Å². The van der Waals surface area contributed by atoms with Crippen LogP contribution in [-0.4, -0.2) is 54.5 Å². The van der Waals surface area contributed by atoms with Crippen LogP contribution in [0, 0.1) is 12.8 Å². The van der Waals surface area contributed by atoms with Gasteiger partial charge in [-0.3, -0.25) is 4.90 Å². The Balaban J connectivity index is 1.47. The minimum Gasteiger partial charge on any atom is -0.508 e. The summed E-state index contributed by atoms with van der Waals surface area (Å²) in [7, 11) is 0. The van der Waals surface area contributed by atoms with Gasteiger partial charge < -0.3 is 15.2 Å². The van der Waals surface area contributed by atoms with E-state index in [0.29, 0.717) is 44.3 Å². The smallest absolute Gasteiger partial charge is 0.404 e. The average molecular weight is 400 g/mol. The highest BCUT2D eigenvalue weighted by Gasteiger charge is 2.43. The molecule has 3 rings (SSSR count). The number of benzene rings is 1. The number of hydrogen-bond donors (Lipinski definition) is 2. The molecule has 2 N–H and O–H groups in total. The number of nitrogens with one attached hydrogen (secondary N) is 1. The van der Waals surface area contributed by atoms with Crippen LogP contribution in [0.1, 0.15) is 44.1 Å². The normalized spacial score (nSPS) is 25.4. The topological polar surface area (TPSA) is 44.7 Å². The number of aromatic hydroxyl groups is 1. The fourth-order valence-electron chi connectivity index (χ4n) is 4.39. The van der Waals surface area contributed by atoms with Gasteiger partial charge in [-0.2, -0.15) is 13.2 Å². The Morgan fingerprint density at radius 3 is 2.50 bits per heavy atom. The molecule has 0 spiro atoms. The SMILES string of the molecule is Cc1c(O)cccc1OC1CCC(CC[C@@H](N2CCNCC2)C(F)(F)F)CC1. The van der Waals surface area contributed by atoms with Gasteiger partial charge in [-0.05, 0) is 63.5 Å². The van der Waals surface area contributed by atoms with Crippen LogP contribution in [0.5, 0.6) is 11.5 Å². The van der Waals surface area contributed by atoms with Crippen molar-refractivity contribution in [1.29, 1.82) is 0 Å². The first-order chi connectivity index (χ1) is 13.3. The van der Waals surface area contributed by atoms with Gasteiger partial charge in [-0.25, -0.2) is 0 Å². The molecule has 1 aliphatic heterocycles. The molecule has 1 aliphatic carbocycles. The molecule has 0 bridgehead atoms. The highest BCUT2D eigenvalue weighted by atomic mass is 19.4. The summed E-state index contributed by atoms with van der Waals surface area (Å²) in [5.74, 6) is 1.24. The zero-order valence-corrected chi connectivity index (χ0v) is 16.5. The van der Waals surface area contributed by atoms with Gasteiger partial charge in [0.1, 0.15) is 17.5 Å². The second kappa shape index (κ2) is 9.35. The largest absolute Gasteiger partial charge is 0.508 e. The van der Waals surface area contributed by atoms with Crippen LogP contribution in [0.2, 0.25) is 0 Å². The summed E-state index contributed by atoms with van der Waals surface area (Å²) >= 11 is 0. The molecule has 1 aromatic rings. The lowest BCUT2D eigenvalue weighted by atomic mass is 9.83. The molecule has 2 aliphatic rings. The van der Waals surface area contributed by atoms with Crippen LogP contribution < -0.4 is 10.1 Å². The van der Waals surface area contributed by atoms with Gasteiger partial charge in [0.2, 0.25) is 0 Å². The van der Waals surface area contributed by atoms with Crippen molar-refractivity contribution >= 4 is 0 Å². The van der Waals surface area contributed by atoms with Gasteiger partial charge in [-0.15, -0.1) is 0 Å². The average Bonchev–Trinajstić information content (AvgIpc) is 2.67. The lowest BCUT2D eigenvalue weighted by Gasteiger charge is -2.37. The van der Waals surface area contributed by atoms with Crippen molar-refractivity contribution in [3.63, 3.8) is 0 Å². The summed E-state index contributed by atoms with van der Waals surface area (Å²) in [6.07, 6.45) is 0.211. The fourth-order valence-corrected chi connectivity index (χ4v) is 4.39. The molecule has 7 heteroatoms. The van der Waals surface area contributed by atoms with Gasteiger partial charge in [-0.1, -0.05) is 6.07 Å². The molecule has 1 saturated heterocycles. The molecule has 0 radical (unpaired) electrons. The van der Waals surface area contributed by atoms with E-state index in [0.717, 1.165) is 31.2 Å². The van der Waals surface area contributed by atoms with E-state index in [9.17, 15) is 18.3 Å². The maximum Gasteiger partial charge on any atom is 0.404 e. The number of phenolic OH excluding ortho intramolecular Hbond substituents is 1. The van der Waals surface area contributed by atoms with Crippen LogP contribution in [0.15, 0.2) is 18.2 Å². The molecule has 0 aromatic heterocycles. The highest BCUT2D eigenvalue weighted by molar-refractivity contribution is 5.42. The second-order valence-corrected chi connectivity index (χ2v) is 8.08. The van der Waals surface area contributed by atoms with Gasteiger partial charge in [0.25, 0.3) is 0 Å². The number of rotatable bonds is 6. The predicted molar refractivity (Wildman–Crippen MR) is 103 cm³/mol. The number of hydrogen-bond acceptors (Lipinski definition) is 4. The van der Waals surface area contributed by atoms with E-state index in [2.05, 4.69) is 5.32 Å². The van der Waals surface area contributed by atoms with Gasteiger partial charge in [0.15, 0.2) is 0 Å². The first-order valence-corrected chi connectivity index (χ1v) is 10.3. The molecule has 1 atom stereocenters. The van der Waals surface area contributed by atoms with Crippen molar-refractivity contribution in [2.75, 3.05) is 26.2 Å². The monoisotopic (exact) mass is 400 g/mol. The Morgan fingerprint density at radius 2 is 1.86 bits per heavy atom. The molecule has 1 saturated carbocycles. The second-order valence-electron chi connectivity index (χ2n) is 8.08. The molecular formula is C21H31F3N2O2. The van der Waals surface area contributed by atoms with E-state index >= 15 is 0 Å². The third kappa shape index (κ3) is 5.54. The van der Waals surface area contributed by atoms with Crippen LogP contribution in [0.3, 0.4) is 0 Å². The van der Waals surface area contributed by atoms with Crippen LogP contribution in [-0.2, 0) is 0 Å². The van der Waals surface area contributed by atoms with Crippen molar-refractivity contribution < 1.29 is 23.0 Å². The molecule has 4 nitrogen and oxygen atoms in total. The Hall–Kier alpha value is -1.47. The minimum absolute atomic E-state index is 0.0725. The number of phenols is 1. The van der Waals surface area contributed by atoms with Crippen LogP contribution in [0.4, 0.5) is 13.2 Å². The maximum atomic E-state index is 13.5. The van der Waals surface area contributed by atoms with E-state index in [1.54, 1.807) is 17.0 Å². The van der Waals surface area contributed by atoms with E-state index < -0.39 is 12.2 Å². The zero-order chi connectivity index (χ0) is 20.1. The number of halogens is 3. The first kappa shape index (κ1) is 21.2. The number of nitrogens with zero attached hydrogens (tertiary/aromatic N) is 1. The molecule has 158 valence electrons. The molecule has 1 heterocycles. The first-order valence-electron chi connectivity index (χ1n) is 10.3. The Kier molecular flexibility index (Phi) is 7.10. The summed E-state index contributed by atoms with van der Waals surface area (Å²) in [6.45, 7) is 4.01. The van der Waals surface area contributed by atoms with Gasteiger partial charge >= 0.3 is 6.18 Å². The van der Waals surface area contributed by atoms with E-state index in [1.165, 1.54) is 0 Å². The highest BCUT2D eigenvalue weighted by Crippen LogP contribution is 2.35. The Labute approximate surface area is 165 Å². The standard InChI is InChI=1S/C21H31F3N2O2/c1-15-18(27)3-2-4-19(15)28-17-8-5-16(6-9-17)7-10-20(21(22,23)24)26-13-11-25-12-14-26/h2-4,16-17,20,25,27H,5-14H2,1H3/t16?,17?,20-/m1/s1. The molecule has 0 amide bonds. The molecule has 0 unspecified atom stereocenters. The minimum atomic E-state index is -4.16. The fraction of sp³-hybridized carbons (Fsp3) is 0.714. The van der Waals surface area contributed by atoms with Crippen molar-refractivity contribution in [3.05, 3.63) is 23.8 Å². The zero-order valence-electron chi connectivity index (χ0n) is 16.5. The van der Waals surface area contributed by atoms with Crippen molar-refractivity contribution in [1.82, 2.24) is 10.2 Å². The van der Waals surface area contributed by atoms with Crippen LogP contribution in [0.25, 0.3) is 0 Å².